The van der Waals surface area contributed by atoms with Gasteiger partial charge in [-0.3, -0.25) is 4.79 Å². The summed E-state index contributed by atoms with van der Waals surface area (Å²) in [6, 6.07) is 5.11. The van der Waals surface area contributed by atoms with E-state index in [1.54, 1.807) is 18.2 Å². The predicted octanol–water partition coefficient (Wildman–Crippen LogP) is 2.31. The first-order valence-electron chi connectivity index (χ1n) is 6.59. The molecule has 4 nitrogen and oxygen atoms in total. The number of rotatable bonds is 3. The molecule has 0 spiro atoms. The lowest BCUT2D eigenvalue weighted by atomic mass is 9.86. The van der Waals surface area contributed by atoms with Gasteiger partial charge in [-0.2, -0.15) is 0 Å². The van der Waals surface area contributed by atoms with Gasteiger partial charge in [-0.1, -0.05) is 12.8 Å². The molecule has 5 heteroatoms. The summed E-state index contributed by atoms with van der Waals surface area (Å²) in [6.07, 6.45) is 3.75. The Labute approximate surface area is 121 Å². The van der Waals surface area contributed by atoms with Gasteiger partial charge in [0.25, 0.3) is 5.91 Å². The van der Waals surface area contributed by atoms with E-state index in [9.17, 15) is 9.90 Å². The molecular formula is C14H19BrN2O2. The van der Waals surface area contributed by atoms with Crippen LogP contribution in [0.15, 0.2) is 22.7 Å². The van der Waals surface area contributed by atoms with Crippen LogP contribution in [0.1, 0.15) is 36.0 Å². The van der Waals surface area contributed by atoms with Crippen LogP contribution in [0.3, 0.4) is 0 Å². The summed E-state index contributed by atoms with van der Waals surface area (Å²) in [5.74, 6) is 0.0494. The largest absolute Gasteiger partial charge is 0.398 e. The highest BCUT2D eigenvalue weighted by atomic mass is 79.9. The molecule has 2 atom stereocenters. The summed E-state index contributed by atoms with van der Waals surface area (Å²) >= 11 is 3.31. The third-order valence-corrected chi connectivity index (χ3v) is 4.34. The average Bonchev–Trinajstić information content (AvgIpc) is 2.40. The van der Waals surface area contributed by atoms with Crippen LogP contribution in [0.25, 0.3) is 0 Å². The van der Waals surface area contributed by atoms with Crippen molar-refractivity contribution >= 4 is 27.5 Å². The molecule has 2 rings (SSSR count). The molecule has 0 heterocycles. The predicted molar refractivity (Wildman–Crippen MR) is 78.9 cm³/mol. The van der Waals surface area contributed by atoms with Crippen molar-refractivity contribution in [2.45, 2.75) is 31.8 Å². The fourth-order valence-electron chi connectivity index (χ4n) is 2.42. The molecule has 4 N–H and O–H groups in total. The number of nitrogens with two attached hydrogens (primary N) is 1. The first kappa shape index (κ1) is 14.3. The Morgan fingerprint density at radius 1 is 1.42 bits per heavy atom. The SMILES string of the molecule is Nc1ccc(C(=O)NCC2CCCCC2O)cc1Br. The first-order valence-corrected chi connectivity index (χ1v) is 7.38. The van der Waals surface area contributed by atoms with Gasteiger partial charge in [-0.15, -0.1) is 0 Å². The maximum Gasteiger partial charge on any atom is 0.251 e. The molecule has 1 fully saturated rings. The zero-order valence-corrected chi connectivity index (χ0v) is 12.3. The fraction of sp³-hybridized carbons (Fsp3) is 0.500. The number of aliphatic hydroxyl groups excluding tert-OH is 1. The molecule has 1 aromatic rings. The third-order valence-electron chi connectivity index (χ3n) is 3.66. The minimum atomic E-state index is -0.285. The normalized spacial score (nSPS) is 23.1. The van der Waals surface area contributed by atoms with Gasteiger partial charge in [0.15, 0.2) is 0 Å². The van der Waals surface area contributed by atoms with Gasteiger partial charge in [0, 0.05) is 28.2 Å². The monoisotopic (exact) mass is 326 g/mol. The number of hydrogen-bond donors (Lipinski definition) is 3. The maximum absolute atomic E-state index is 12.0. The van der Waals surface area contributed by atoms with E-state index in [1.165, 1.54) is 0 Å². The van der Waals surface area contributed by atoms with E-state index in [-0.39, 0.29) is 17.9 Å². The molecule has 19 heavy (non-hydrogen) atoms. The lowest BCUT2D eigenvalue weighted by Gasteiger charge is -2.27. The van der Waals surface area contributed by atoms with Crippen LogP contribution in [0.4, 0.5) is 5.69 Å². The Hall–Kier alpha value is -1.07. The van der Waals surface area contributed by atoms with Crippen molar-refractivity contribution in [1.29, 1.82) is 0 Å². The number of aliphatic hydroxyl groups is 1. The van der Waals surface area contributed by atoms with Crippen molar-refractivity contribution in [2.75, 3.05) is 12.3 Å². The third kappa shape index (κ3) is 3.70. The molecule has 0 bridgehead atoms. The Balaban J connectivity index is 1.91. The van der Waals surface area contributed by atoms with Crippen molar-refractivity contribution in [2.24, 2.45) is 5.92 Å². The standard InChI is InChI=1S/C14H19BrN2O2/c15-11-7-9(5-6-12(11)16)14(19)17-8-10-3-1-2-4-13(10)18/h5-7,10,13,18H,1-4,8,16H2,(H,17,19). The number of nitrogens with one attached hydrogen (secondary N) is 1. The van der Waals surface area contributed by atoms with Crippen LogP contribution < -0.4 is 11.1 Å². The van der Waals surface area contributed by atoms with E-state index in [2.05, 4.69) is 21.2 Å². The number of carbonyl (C=O) groups excluding carboxylic acids is 1. The highest BCUT2D eigenvalue weighted by molar-refractivity contribution is 9.10. The van der Waals surface area contributed by atoms with Crippen molar-refractivity contribution in [1.82, 2.24) is 5.32 Å². The van der Waals surface area contributed by atoms with Gasteiger partial charge in [-0.05, 0) is 47.0 Å². The topological polar surface area (TPSA) is 75.4 Å². The van der Waals surface area contributed by atoms with Crippen LogP contribution in [0.2, 0.25) is 0 Å². The number of halogens is 1. The van der Waals surface area contributed by atoms with Crippen molar-refractivity contribution in [3.05, 3.63) is 28.2 Å². The summed E-state index contributed by atoms with van der Waals surface area (Å²) in [5.41, 5.74) is 6.87. The summed E-state index contributed by atoms with van der Waals surface area (Å²) in [5, 5.41) is 12.7. The molecule has 2 unspecified atom stereocenters. The Morgan fingerprint density at radius 2 is 2.16 bits per heavy atom. The molecule has 104 valence electrons. The lowest BCUT2D eigenvalue weighted by Crippen LogP contribution is -2.36. The molecule has 1 amide bonds. The smallest absolute Gasteiger partial charge is 0.251 e. The van der Waals surface area contributed by atoms with Crippen LogP contribution in [0.5, 0.6) is 0 Å². The van der Waals surface area contributed by atoms with E-state index in [1.807, 2.05) is 0 Å². The molecule has 1 saturated carbocycles. The van der Waals surface area contributed by atoms with Gasteiger partial charge in [0.05, 0.1) is 6.10 Å². The lowest BCUT2D eigenvalue weighted by molar-refractivity contribution is 0.0663. The van der Waals surface area contributed by atoms with E-state index >= 15 is 0 Å². The summed E-state index contributed by atoms with van der Waals surface area (Å²) in [4.78, 5) is 12.0. The molecule has 0 aromatic heterocycles. The summed E-state index contributed by atoms with van der Waals surface area (Å²) in [6.45, 7) is 0.530. The van der Waals surface area contributed by atoms with Crippen LogP contribution in [-0.4, -0.2) is 23.7 Å². The average molecular weight is 327 g/mol. The minimum Gasteiger partial charge on any atom is -0.398 e. The van der Waals surface area contributed by atoms with Crippen molar-refractivity contribution < 1.29 is 9.90 Å². The maximum atomic E-state index is 12.0. The molecule has 1 aliphatic carbocycles. The van der Waals surface area contributed by atoms with E-state index < -0.39 is 0 Å². The molecule has 1 aromatic carbocycles. The van der Waals surface area contributed by atoms with Gasteiger partial charge in [-0.25, -0.2) is 0 Å². The van der Waals surface area contributed by atoms with E-state index in [4.69, 9.17) is 5.73 Å². The second-order valence-electron chi connectivity index (χ2n) is 5.06. The Kier molecular flexibility index (Phi) is 4.82. The first-order chi connectivity index (χ1) is 9.08. The number of hydrogen-bond acceptors (Lipinski definition) is 3. The van der Waals surface area contributed by atoms with Gasteiger partial charge >= 0.3 is 0 Å². The second kappa shape index (κ2) is 6.39. The van der Waals surface area contributed by atoms with E-state index in [0.29, 0.717) is 17.8 Å². The molecule has 1 aliphatic rings. The number of nitrogen functional groups attached to an aromatic ring is 1. The van der Waals surface area contributed by atoms with E-state index in [0.717, 1.165) is 30.2 Å². The molecule has 0 radical (unpaired) electrons. The highest BCUT2D eigenvalue weighted by Crippen LogP contribution is 2.24. The van der Waals surface area contributed by atoms with Crippen molar-refractivity contribution in [3.8, 4) is 0 Å². The number of anilines is 1. The minimum absolute atomic E-state index is 0.126. The summed E-state index contributed by atoms with van der Waals surface area (Å²) < 4.78 is 0.720. The Morgan fingerprint density at radius 3 is 2.84 bits per heavy atom. The molecular weight excluding hydrogens is 308 g/mol. The van der Waals surface area contributed by atoms with Crippen LogP contribution >= 0.6 is 15.9 Å². The zero-order chi connectivity index (χ0) is 13.8. The van der Waals surface area contributed by atoms with Gasteiger partial charge in [0.1, 0.15) is 0 Å². The number of benzene rings is 1. The Bertz CT molecular complexity index is 465. The second-order valence-corrected chi connectivity index (χ2v) is 5.91. The van der Waals surface area contributed by atoms with Crippen molar-refractivity contribution in [3.63, 3.8) is 0 Å². The van der Waals surface area contributed by atoms with Crippen LogP contribution in [0, 0.1) is 5.92 Å². The zero-order valence-electron chi connectivity index (χ0n) is 10.7. The quantitative estimate of drug-likeness (QED) is 0.746. The molecule has 0 aliphatic heterocycles. The highest BCUT2D eigenvalue weighted by Gasteiger charge is 2.23. The fourth-order valence-corrected chi connectivity index (χ4v) is 2.80. The van der Waals surface area contributed by atoms with Crippen LogP contribution in [-0.2, 0) is 0 Å². The van der Waals surface area contributed by atoms with Gasteiger partial charge < -0.3 is 16.2 Å². The molecule has 0 saturated heterocycles. The summed E-state index contributed by atoms with van der Waals surface area (Å²) in [7, 11) is 0. The van der Waals surface area contributed by atoms with Gasteiger partial charge in [0.2, 0.25) is 0 Å². The number of carbonyl (C=O) groups is 1. The number of amides is 1.